The predicted octanol–water partition coefficient (Wildman–Crippen LogP) is 2.75. The first-order valence-corrected chi connectivity index (χ1v) is 7.09. The molecular formula is C14H18BrNO3. The van der Waals surface area contributed by atoms with Gasteiger partial charge in [-0.25, -0.2) is 4.79 Å². The van der Waals surface area contributed by atoms with Crippen LogP contribution in [0.1, 0.15) is 31.7 Å². The fourth-order valence-electron chi connectivity index (χ4n) is 1.74. The molecule has 0 saturated carbocycles. The van der Waals surface area contributed by atoms with Gasteiger partial charge in [0.1, 0.15) is 6.04 Å². The highest BCUT2D eigenvalue weighted by atomic mass is 79.9. The normalized spacial score (nSPS) is 11.9. The fraction of sp³-hybridized carbons (Fsp3) is 0.429. The average molecular weight is 328 g/mol. The second-order valence-corrected chi connectivity index (χ2v) is 5.32. The first-order valence-electron chi connectivity index (χ1n) is 6.29. The lowest BCUT2D eigenvalue weighted by molar-refractivity contribution is -0.142. The predicted molar refractivity (Wildman–Crippen MR) is 76.9 cm³/mol. The van der Waals surface area contributed by atoms with E-state index in [4.69, 9.17) is 5.11 Å². The van der Waals surface area contributed by atoms with E-state index in [1.807, 2.05) is 31.2 Å². The van der Waals surface area contributed by atoms with Crippen molar-refractivity contribution in [3.63, 3.8) is 0 Å². The Morgan fingerprint density at radius 2 is 2.16 bits per heavy atom. The van der Waals surface area contributed by atoms with Gasteiger partial charge in [0.2, 0.25) is 5.91 Å². The van der Waals surface area contributed by atoms with Crippen molar-refractivity contribution < 1.29 is 14.7 Å². The molecule has 4 nitrogen and oxygen atoms in total. The molecule has 0 bridgehead atoms. The van der Waals surface area contributed by atoms with E-state index < -0.39 is 12.0 Å². The van der Waals surface area contributed by atoms with Gasteiger partial charge in [0.25, 0.3) is 0 Å². The maximum atomic E-state index is 11.8. The quantitative estimate of drug-likeness (QED) is 0.809. The van der Waals surface area contributed by atoms with E-state index in [0.29, 0.717) is 6.42 Å². The molecule has 19 heavy (non-hydrogen) atoms. The van der Waals surface area contributed by atoms with Gasteiger partial charge in [0.15, 0.2) is 0 Å². The summed E-state index contributed by atoms with van der Waals surface area (Å²) >= 11 is 3.33. The van der Waals surface area contributed by atoms with Crippen LogP contribution in [-0.2, 0) is 16.0 Å². The Morgan fingerprint density at radius 1 is 1.42 bits per heavy atom. The Kier molecular flexibility index (Phi) is 6.56. The molecule has 2 N–H and O–H groups in total. The van der Waals surface area contributed by atoms with Crippen LogP contribution < -0.4 is 5.32 Å². The number of aliphatic carboxylic acids is 1. The molecule has 1 amide bonds. The number of carbonyl (C=O) groups is 2. The second-order valence-electron chi connectivity index (χ2n) is 4.41. The van der Waals surface area contributed by atoms with Crippen molar-refractivity contribution in [2.45, 2.75) is 38.6 Å². The molecule has 1 aromatic carbocycles. The van der Waals surface area contributed by atoms with E-state index in [1.165, 1.54) is 0 Å². The number of carboxylic acids is 1. The molecular weight excluding hydrogens is 310 g/mol. The smallest absolute Gasteiger partial charge is 0.326 e. The summed E-state index contributed by atoms with van der Waals surface area (Å²) < 4.78 is 0.901. The lowest BCUT2D eigenvalue weighted by Crippen LogP contribution is -2.41. The maximum absolute atomic E-state index is 11.8. The van der Waals surface area contributed by atoms with Crippen molar-refractivity contribution in [3.8, 4) is 0 Å². The molecule has 5 heteroatoms. The van der Waals surface area contributed by atoms with E-state index in [2.05, 4.69) is 21.2 Å². The molecule has 0 fully saturated rings. The highest BCUT2D eigenvalue weighted by Crippen LogP contribution is 2.12. The monoisotopic (exact) mass is 327 g/mol. The summed E-state index contributed by atoms with van der Waals surface area (Å²) in [6.45, 7) is 1.99. The van der Waals surface area contributed by atoms with Gasteiger partial charge in [-0.05, 0) is 24.1 Å². The van der Waals surface area contributed by atoms with Gasteiger partial charge in [-0.1, -0.05) is 47.8 Å². The molecule has 0 saturated heterocycles. The number of halogens is 1. The number of hydrogen-bond acceptors (Lipinski definition) is 2. The molecule has 0 aliphatic heterocycles. The zero-order valence-corrected chi connectivity index (χ0v) is 12.4. The molecule has 104 valence electrons. The standard InChI is InChI=1S/C14H18BrNO3/c1-2-3-7-12(14(18)19)16-13(17)9-10-5-4-6-11(15)8-10/h4-6,8,12H,2-3,7,9H2,1H3,(H,16,17)(H,18,19)/t12-/m0/s1. The summed E-state index contributed by atoms with van der Waals surface area (Å²) in [5.74, 6) is -1.24. The Labute approximate surface area is 121 Å². The number of carboxylic acid groups (broad SMARTS) is 1. The minimum Gasteiger partial charge on any atom is -0.480 e. The Balaban J connectivity index is 2.55. The van der Waals surface area contributed by atoms with Crippen molar-refractivity contribution in [1.82, 2.24) is 5.32 Å². The highest BCUT2D eigenvalue weighted by Gasteiger charge is 2.19. The minimum absolute atomic E-state index is 0.190. The van der Waals surface area contributed by atoms with Gasteiger partial charge < -0.3 is 10.4 Å². The van der Waals surface area contributed by atoms with Gasteiger partial charge in [-0.2, -0.15) is 0 Å². The first-order chi connectivity index (χ1) is 9.02. The molecule has 1 atom stereocenters. The third-order valence-corrected chi connectivity index (χ3v) is 3.23. The van der Waals surface area contributed by atoms with E-state index in [-0.39, 0.29) is 12.3 Å². The zero-order chi connectivity index (χ0) is 14.3. The number of rotatable bonds is 7. The number of hydrogen-bond donors (Lipinski definition) is 2. The Morgan fingerprint density at radius 3 is 2.74 bits per heavy atom. The minimum atomic E-state index is -0.976. The molecule has 0 aromatic heterocycles. The summed E-state index contributed by atoms with van der Waals surface area (Å²) in [5, 5.41) is 11.6. The van der Waals surface area contributed by atoms with E-state index in [1.54, 1.807) is 0 Å². The fourth-order valence-corrected chi connectivity index (χ4v) is 2.19. The van der Waals surface area contributed by atoms with Crippen LogP contribution in [0.3, 0.4) is 0 Å². The second kappa shape index (κ2) is 7.94. The number of nitrogens with one attached hydrogen (secondary N) is 1. The molecule has 0 unspecified atom stereocenters. The van der Waals surface area contributed by atoms with Crippen LogP contribution in [0.2, 0.25) is 0 Å². The third kappa shape index (κ3) is 5.87. The topological polar surface area (TPSA) is 66.4 Å². The third-order valence-electron chi connectivity index (χ3n) is 2.73. The van der Waals surface area contributed by atoms with Crippen molar-refractivity contribution in [3.05, 3.63) is 34.3 Å². The molecule has 0 heterocycles. The van der Waals surface area contributed by atoms with E-state index in [9.17, 15) is 9.59 Å². The van der Waals surface area contributed by atoms with Gasteiger partial charge in [0, 0.05) is 4.47 Å². The lowest BCUT2D eigenvalue weighted by Gasteiger charge is -2.14. The number of carbonyl (C=O) groups excluding carboxylic acids is 1. The van der Waals surface area contributed by atoms with Crippen LogP contribution in [0.4, 0.5) is 0 Å². The molecule has 0 aliphatic rings. The van der Waals surface area contributed by atoms with Crippen molar-refractivity contribution in [2.24, 2.45) is 0 Å². The SMILES string of the molecule is CCCC[C@H](NC(=O)Cc1cccc(Br)c1)C(=O)O. The first kappa shape index (κ1) is 15.7. The molecule has 0 spiro atoms. The average Bonchev–Trinajstić information content (AvgIpc) is 2.34. The van der Waals surface area contributed by atoms with E-state index in [0.717, 1.165) is 22.9 Å². The molecule has 1 aromatic rings. The van der Waals surface area contributed by atoms with E-state index >= 15 is 0 Å². The Bertz CT molecular complexity index is 448. The van der Waals surface area contributed by atoms with Crippen LogP contribution in [0.5, 0.6) is 0 Å². The van der Waals surface area contributed by atoms with Gasteiger partial charge in [-0.3, -0.25) is 4.79 Å². The van der Waals surface area contributed by atoms with Crippen LogP contribution >= 0.6 is 15.9 Å². The van der Waals surface area contributed by atoms with Crippen molar-refractivity contribution in [2.75, 3.05) is 0 Å². The number of benzene rings is 1. The van der Waals surface area contributed by atoms with Gasteiger partial charge in [-0.15, -0.1) is 0 Å². The number of amides is 1. The zero-order valence-electron chi connectivity index (χ0n) is 10.9. The highest BCUT2D eigenvalue weighted by molar-refractivity contribution is 9.10. The van der Waals surface area contributed by atoms with Crippen LogP contribution in [0.25, 0.3) is 0 Å². The lowest BCUT2D eigenvalue weighted by atomic mass is 10.1. The summed E-state index contributed by atoms with van der Waals surface area (Å²) in [6, 6.07) is 6.62. The Hall–Kier alpha value is -1.36. The molecule has 1 rings (SSSR count). The summed E-state index contributed by atoms with van der Waals surface area (Å²) in [6.07, 6.45) is 2.35. The molecule has 0 aliphatic carbocycles. The largest absolute Gasteiger partial charge is 0.480 e. The van der Waals surface area contributed by atoms with Gasteiger partial charge in [0.05, 0.1) is 6.42 Å². The van der Waals surface area contributed by atoms with Crippen molar-refractivity contribution >= 4 is 27.8 Å². The molecule has 0 radical (unpaired) electrons. The van der Waals surface area contributed by atoms with Crippen LogP contribution in [0, 0.1) is 0 Å². The van der Waals surface area contributed by atoms with Crippen LogP contribution in [-0.4, -0.2) is 23.0 Å². The maximum Gasteiger partial charge on any atom is 0.326 e. The van der Waals surface area contributed by atoms with Gasteiger partial charge >= 0.3 is 5.97 Å². The van der Waals surface area contributed by atoms with Crippen LogP contribution in [0.15, 0.2) is 28.7 Å². The summed E-state index contributed by atoms with van der Waals surface area (Å²) in [4.78, 5) is 22.8. The number of unbranched alkanes of at least 4 members (excludes halogenated alkanes) is 1. The summed E-state index contributed by atoms with van der Waals surface area (Å²) in [7, 11) is 0. The van der Waals surface area contributed by atoms with Crippen molar-refractivity contribution in [1.29, 1.82) is 0 Å². The summed E-state index contributed by atoms with van der Waals surface area (Å²) in [5.41, 5.74) is 0.853.